The van der Waals surface area contributed by atoms with E-state index < -0.39 is 0 Å². The summed E-state index contributed by atoms with van der Waals surface area (Å²) in [5.41, 5.74) is 7.20. The Hall–Kier alpha value is -2.01. The average molecular weight is 315 g/mol. The number of fused-ring (bicyclic) bond motifs is 1. The quantitative estimate of drug-likeness (QED) is 0.672. The van der Waals surface area contributed by atoms with Crippen molar-refractivity contribution in [3.05, 3.63) is 51.7 Å². The molecule has 4 nitrogen and oxygen atoms in total. The fourth-order valence-electron chi connectivity index (χ4n) is 2.58. The van der Waals surface area contributed by atoms with E-state index in [1.54, 1.807) is 11.3 Å². The van der Waals surface area contributed by atoms with Crippen LogP contribution in [0.2, 0.25) is 0 Å². The second kappa shape index (κ2) is 6.83. The van der Waals surface area contributed by atoms with Gasteiger partial charge in [0.15, 0.2) is 5.96 Å². The minimum atomic E-state index is 0.170. The standard InChI is InChI=1S/C17H21N3OS/c1-2-12-7-8-13(22-12)11-19-17(18)20-15-9-10-21-16-6-4-3-5-14(15)16/h3-8,15H,2,9-11H2,1H3,(H3,18,19,20). The molecule has 3 N–H and O–H groups in total. The predicted molar refractivity (Wildman–Crippen MR) is 91.5 cm³/mol. The molecule has 1 aromatic heterocycles. The van der Waals surface area contributed by atoms with Crippen molar-refractivity contribution in [2.45, 2.75) is 32.4 Å². The van der Waals surface area contributed by atoms with E-state index in [0.29, 0.717) is 19.1 Å². The fourth-order valence-corrected chi connectivity index (χ4v) is 3.46. The van der Waals surface area contributed by atoms with Gasteiger partial charge >= 0.3 is 0 Å². The normalized spacial score (nSPS) is 17.7. The summed E-state index contributed by atoms with van der Waals surface area (Å²) in [7, 11) is 0. The minimum Gasteiger partial charge on any atom is -0.493 e. The Labute approximate surface area is 135 Å². The van der Waals surface area contributed by atoms with Gasteiger partial charge in [0.25, 0.3) is 0 Å². The lowest BCUT2D eigenvalue weighted by molar-refractivity contribution is 0.262. The van der Waals surface area contributed by atoms with Gasteiger partial charge in [-0.2, -0.15) is 0 Å². The van der Waals surface area contributed by atoms with Crippen LogP contribution in [0.4, 0.5) is 0 Å². The number of nitrogens with two attached hydrogens (primary N) is 1. The third-order valence-corrected chi connectivity index (χ3v) is 4.97. The predicted octanol–water partition coefficient (Wildman–Crippen LogP) is 3.24. The molecule has 2 aromatic rings. The number of hydrogen-bond donors (Lipinski definition) is 2. The van der Waals surface area contributed by atoms with Crippen LogP contribution in [0.15, 0.2) is 41.4 Å². The molecule has 1 unspecified atom stereocenters. The summed E-state index contributed by atoms with van der Waals surface area (Å²) < 4.78 is 5.66. The van der Waals surface area contributed by atoms with Crippen molar-refractivity contribution in [3.8, 4) is 5.75 Å². The van der Waals surface area contributed by atoms with Crippen LogP contribution in [-0.2, 0) is 13.0 Å². The Morgan fingerprint density at radius 1 is 1.32 bits per heavy atom. The first kappa shape index (κ1) is 14.9. The molecule has 0 saturated heterocycles. The molecule has 0 radical (unpaired) electrons. The monoisotopic (exact) mass is 315 g/mol. The molecule has 0 fully saturated rings. The van der Waals surface area contributed by atoms with E-state index in [-0.39, 0.29) is 6.04 Å². The molecule has 22 heavy (non-hydrogen) atoms. The summed E-state index contributed by atoms with van der Waals surface area (Å²) >= 11 is 1.80. The first-order valence-electron chi connectivity index (χ1n) is 7.62. The lowest BCUT2D eigenvalue weighted by atomic mass is 10.0. The van der Waals surface area contributed by atoms with E-state index >= 15 is 0 Å². The topological polar surface area (TPSA) is 59.6 Å². The third kappa shape index (κ3) is 3.42. The van der Waals surface area contributed by atoms with Crippen LogP contribution in [0.5, 0.6) is 5.75 Å². The second-order valence-corrected chi connectivity index (χ2v) is 6.55. The molecule has 0 amide bonds. The van der Waals surface area contributed by atoms with Crippen LogP contribution in [0.1, 0.15) is 34.7 Å². The van der Waals surface area contributed by atoms with E-state index in [4.69, 9.17) is 10.5 Å². The number of aliphatic imine (C=N–C) groups is 1. The largest absolute Gasteiger partial charge is 0.493 e. The average Bonchev–Trinajstić information content (AvgIpc) is 3.01. The van der Waals surface area contributed by atoms with E-state index in [1.165, 1.54) is 9.75 Å². The van der Waals surface area contributed by atoms with Gasteiger partial charge in [0.2, 0.25) is 0 Å². The zero-order valence-corrected chi connectivity index (χ0v) is 13.5. The molecule has 1 aliphatic rings. The van der Waals surface area contributed by atoms with Gasteiger partial charge in [-0.1, -0.05) is 25.1 Å². The summed E-state index contributed by atoms with van der Waals surface area (Å²) in [4.78, 5) is 7.09. The van der Waals surface area contributed by atoms with Crippen LogP contribution in [-0.4, -0.2) is 12.6 Å². The molecule has 0 aliphatic carbocycles. The molecule has 116 valence electrons. The summed E-state index contributed by atoms with van der Waals surface area (Å²) in [5, 5.41) is 3.32. The van der Waals surface area contributed by atoms with Crippen LogP contribution in [0, 0.1) is 0 Å². The van der Waals surface area contributed by atoms with Gasteiger partial charge in [0, 0.05) is 21.7 Å². The first-order valence-corrected chi connectivity index (χ1v) is 8.43. The lowest BCUT2D eigenvalue weighted by Crippen LogP contribution is -2.37. The van der Waals surface area contributed by atoms with Crippen molar-refractivity contribution in [2.24, 2.45) is 10.7 Å². The Kier molecular flexibility index (Phi) is 4.63. The van der Waals surface area contributed by atoms with E-state index in [0.717, 1.165) is 24.2 Å². The van der Waals surface area contributed by atoms with Gasteiger partial charge in [-0.15, -0.1) is 11.3 Å². The number of aryl methyl sites for hydroxylation is 1. The maximum atomic E-state index is 6.05. The van der Waals surface area contributed by atoms with E-state index in [1.807, 2.05) is 18.2 Å². The molecular formula is C17H21N3OS. The van der Waals surface area contributed by atoms with E-state index in [9.17, 15) is 0 Å². The number of hydrogen-bond acceptors (Lipinski definition) is 3. The maximum absolute atomic E-state index is 6.05. The second-order valence-electron chi connectivity index (χ2n) is 5.29. The van der Waals surface area contributed by atoms with E-state index in [2.05, 4.69) is 35.4 Å². The smallest absolute Gasteiger partial charge is 0.189 e. The van der Waals surface area contributed by atoms with Gasteiger partial charge in [-0.3, -0.25) is 0 Å². The molecule has 3 rings (SSSR count). The molecule has 1 aromatic carbocycles. The maximum Gasteiger partial charge on any atom is 0.189 e. The molecule has 1 atom stereocenters. The number of thiophene rings is 1. The van der Waals surface area contributed by atoms with Crippen molar-refractivity contribution < 1.29 is 4.74 Å². The van der Waals surface area contributed by atoms with Gasteiger partial charge in [0.1, 0.15) is 5.75 Å². The van der Waals surface area contributed by atoms with Gasteiger partial charge in [-0.05, 0) is 24.6 Å². The number of nitrogens with zero attached hydrogens (tertiary/aromatic N) is 1. The zero-order chi connectivity index (χ0) is 15.4. The van der Waals surface area contributed by atoms with Crippen LogP contribution < -0.4 is 15.8 Å². The molecule has 5 heteroatoms. The van der Waals surface area contributed by atoms with Crippen LogP contribution in [0.25, 0.3) is 0 Å². The van der Waals surface area contributed by atoms with Gasteiger partial charge in [-0.25, -0.2) is 4.99 Å². The SMILES string of the molecule is CCc1ccc(CN=C(N)NC2CCOc3ccccc32)s1. The van der Waals surface area contributed by atoms with Crippen molar-refractivity contribution in [1.29, 1.82) is 0 Å². The Morgan fingerprint density at radius 2 is 2.14 bits per heavy atom. The van der Waals surface area contributed by atoms with Gasteiger partial charge < -0.3 is 15.8 Å². The summed E-state index contributed by atoms with van der Waals surface area (Å²) in [6, 6.07) is 12.5. The molecule has 1 aliphatic heterocycles. The van der Waals surface area contributed by atoms with Crippen molar-refractivity contribution >= 4 is 17.3 Å². The molecule has 0 bridgehead atoms. The summed E-state index contributed by atoms with van der Waals surface area (Å²) in [5.74, 6) is 1.43. The Morgan fingerprint density at radius 3 is 2.95 bits per heavy atom. The number of guanidine groups is 1. The van der Waals surface area contributed by atoms with Crippen molar-refractivity contribution in [3.63, 3.8) is 0 Å². The highest BCUT2D eigenvalue weighted by Crippen LogP contribution is 2.31. The highest BCUT2D eigenvalue weighted by Gasteiger charge is 2.21. The number of para-hydroxylation sites is 1. The van der Waals surface area contributed by atoms with Crippen molar-refractivity contribution in [1.82, 2.24) is 5.32 Å². The molecule has 0 spiro atoms. The minimum absolute atomic E-state index is 0.170. The number of ether oxygens (including phenoxy) is 1. The van der Waals surface area contributed by atoms with Crippen molar-refractivity contribution in [2.75, 3.05) is 6.61 Å². The summed E-state index contributed by atoms with van der Waals surface area (Å²) in [6.07, 6.45) is 1.97. The first-order chi connectivity index (χ1) is 10.8. The molecule has 2 heterocycles. The van der Waals surface area contributed by atoms with Gasteiger partial charge in [0.05, 0.1) is 19.2 Å². The zero-order valence-electron chi connectivity index (χ0n) is 12.7. The molecular weight excluding hydrogens is 294 g/mol. The Balaban J connectivity index is 1.64. The number of rotatable bonds is 4. The number of nitrogens with one attached hydrogen (secondary N) is 1. The highest BCUT2D eigenvalue weighted by molar-refractivity contribution is 7.11. The third-order valence-electron chi connectivity index (χ3n) is 3.75. The number of benzene rings is 1. The summed E-state index contributed by atoms with van der Waals surface area (Å²) in [6.45, 7) is 3.50. The Bertz CT molecular complexity index is 665. The fraction of sp³-hybridized carbons (Fsp3) is 0.353. The van der Waals surface area contributed by atoms with Crippen LogP contribution in [0.3, 0.4) is 0 Å². The lowest BCUT2D eigenvalue weighted by Gasteiger charge is -2.26. The molecule has 0 saturated carbocycles. The highest BCUT2D eigenvalue weighted by atomic mass is 32.1. The van der Waals surface area contributed by atoms with Crippen LogP contribution >= 0.6 is 11.3 Å².